The van der Waals surface area contributed by atoms with Crippen LogP contribution in [0.2, 0.25) is 0 Å². The van der Waals surface area contributed by atoms with Gasteiger partial charge < -0.3 is 39.8 Å². The predicted molar refractivity (Wildman–Crippen MR) is 143 cm³/mol. The lowest BCUT2D eigenvalue weighted by molar-refractivity contribution is -0.117. The Morgan fingerprint density at radius 1 is 1.08 bits per heavy atom. The van der Waals surface area contributed by atoms with Crippen molar-refractivity contribution < 1.29 is 33.7 Å². The van der Waals surface area contributed by atoms with Crippen LogP contribution in [0.5, 0.6) is 17.2 Å². The number of hydrogen-bond donors (Lipinski definition) is 3. The van der Waals surface area contributed by atoms with E-state index in [9.17, 15) is 19.5 Å². The molecule has 0 saturated heterocycles. The Kier molecular flexibility index (Phi) is 7.51. The largest absolute Gasteiger partial charge is 0.487 e. The summed E-state index contributed by atoms with van der Waals surface area (Å²) in [5.41, 5.74) is 1.39. The van der Waals surface area contributed by atoms with Crippen LogP contribution in [0, 0.1) is 11.8 Å². The third kappa shape index (κ3) is 5.88. The number of carbonyl (C=O) groups excluding carboxylic acids is 3. The summed E-state index contributed by atoms with van der Waals surface area (Å²) in [5, 5.41) is 15.6. The number of carbonyl (C=O) groups is 3. The molecule has 0 bridgehead atoms. The fourth-order valence-electron chi connectivity index (χ4n) is 4.65. The van der Waals surface area contributed by atoms with Gasteiger partial charge in [-0.25, -0.2) is 4.79 Å². The number of nitrogens with zero attached hydrogens (tertiary/aromatic N) is 2. The minimum atomic E-state index is -0.454. The van der Waals surface area contributed by atoms with Crippen molar-refractivity contribution in [2.24, 2.45) is 11.8 Å². The number of hydrogen-bond acceptors (Lipinski definition) is 7. The van der Waals surface area contributed by atoms with Gasteiger partial charge in [0.2, 0.25) is 12.7 Å². The average Bonchev–Trinajstić information content (AvgIpc) is 3.68. The molecular formula is C28H34N4O7. The van der Waals surface area contributed by atoms with Crippen LogP contribution in [-0.2, 0) is 4.79 Å². The third-order valence-electron chi connectivity index (χ3n) is 7.30. The van der Waals surface area contributed by atoms with Crippen molar-refractivity contribution in [3.63, 3.8) is 0 Å². The average molecular weight is 539 g/mol. The first-order chi connectivity index (χ1) is 18.7. The number of urea groups is 1. The van der Waals surface area contributed by atoms with E-state index in [-0.39, 0.29) is 49.6 Å². The highest BCUT2D eigenvalue weighted by Crippen LogP contribution is 2.35. The Hall–Kier alpha value is -3.99. The zero-order valence-corrected chi connectivity index (χ0v) is 22.3. The van der Waals surface area contributed by atoms with E-state index in [1.807, 2.05) is 6.92 Å². The molecule has 0 radical (unpaired) electrons. The molecule has 39 heavy (non-hydrogen) atoms. The minimum absolute atomic E-state index is 0.0226. The van der Waals surface area contributed by atoms with Gasteiger partial charge in [0.25, 0.3) is 5.91 Å². The number of amides is 4. The molecule has 2 heterocycles. The lowest BCUT2D eigenvalue weighted by Crippen LogP contribution is -2.50. The van der Waals surface area contributed by atoms with Crippen LogP contribution in [0.25, 0.3) is 0 Å². The second-order valence-corrected chi connectivity index (χ2v) is 10.5. The molecule has 0 aromatic heterocycles. The summed E-state index contributed by atoms with van der Waals surface area (Å²) in [6, 6.07) is 9.44. The summed E-state index contributed by atoms with van der Waals surface area (Å²) >= 11 is 0. The van der Waals surface area contributed by atoms with Gasteiger partial charge in [-0.3, -0.25) is 9.59 Å². The standard InChI is InChI=1S/C28H34N4O7/c1-16-12-32(17(2)14-33)27(35)21-10-19(29-26(34)18-4-5-18)6-8-22(21)39-25(16)13-31(3)28(36)30-20-7-9-23-24(11-20)38-15-37-23/h6-11,16-18,25,33H,4-5,12-15H2,1-3H3,(H,29,34)(H,30,36)/t16-,17+,25-/m0/s1. The molecule has 3 atom stereocenters. The molecule has 1 saturated carbocycles. The van der Waals surface area contributed by atoms with Crippen LogP contribution in [0.1, 0.15) is 37.0 Å². The number of nitrogens with one attached hydrogen (secondary N) is 2. The Balaban J connectivity index is 1.34. The van der Waals surface area contributed by atoms with E-state index < -0.39 is 12.1 Å². The van der Waals surface area contributed by atoms with Crippen molar-refractivity contribution >= 4 is 29.2 Å². The van der Waals surface area contributed by atoms with Crippen molar-refractivity contribution in [3.8, 4) is 17.2 Å². The number of aliphatic hydroxyl groups is 1. The Bertz CT molecular complexity index is 1260. The minimum Gasteiger partial charge on any atom is -0.487 e. The number of aliphatic hydroxyl groups excluding tert-OH is 1. The molecule has 0 unspecified atom stereocenters. The fraction of sp³-hybridized carbons (Fsp3) is 0.464. The van der Waals surface area contributed by atoms with E-state index in [1.54, 1.807) is 55.3 Å². The van der Waals surface area contributed by atoms with Crippen LogP contribution >= 0.6 is 0 Å². The molecule has 11 heteroatoms. The predicted octanol–water partition coefficient (Wildman–Crippen LogP) is 3.15. The highest BCUT2D eigenvalue weighted by Gasteiger charge is 2.35. The van der Waals surface area contributed by atoms with Crippen LogP contribution in [0.4, 0.5) is 16.2 Å². The monoisotopic (exact) mass is 538 g/mol. The molecule has 2 aromatic rings. The quantitative estimate of drug-likeness (QED) is 0.494. The highest BCUT2D eigenvalue weighted by molar-refractivity contribution is 6.00. The van der Waals surface area contributed by atoms with Crippen LogP contribution in [0.3, 0.4) is 0 Å². The first-order valence-corrected chi connectivity index (χ1v) is 13.2. The summed E-state index contributed by atoms with van der Waals surface area (Å²) < 4.78 is 17.1. The Morgan fingerprint density at radius 2 is 1.77 bits per heavy atom. The summed E-state index contributed by atoms with van der Waals surface area (Å²) in [4.78, 5) is 42.0. The van der Waals surface area contributed by atoms with Gasteiger partial charge in [0.15, 0.2) is 11.5 Å². The SMILES string of the molecule is C[C@H](CO)N1C[C@H](C)[C@H](CN(C)C(=O)Nc2ccc3c(c2)OCO3)Oc2ccc(NC(=O)C3CC3)cc2C1=O. The second-order valence-electron chi connectivity index (χ2n) is 10.5. The van der Waals surface area contributed by atoms with E-state index in [1.165, 1.54) is 4.90 Å². The zero-order valence-electron chi connectivity index (χ0n) is 22.3. The molecule has 5 rings (SSSR count). The van der Waals surface area contributed by atoms with Gasteiger partial charge in [-0.15, -0.1) is 0 Å². The second kappa shape index (κ2) is 11.0. The topological polar surface area (TPSA) is 130 Å². The Labute approximate surface area is 227 Å². The van der Waals surface area contributed by atoms with Gasteiger partial charge in [0.1, 0.15) is 11.9 Å². The lowest BCUT2D eigenvalue weighted by atomic mass is 9.99. The maximum absolute atomic E-state index is 13.6. The third-order valence-corrected chi connectivity index (χ3v) is 7.30. The molecule has 1 aliphatic carbocycles. The highest BCUT2D eigenvalue weighted by atomic mass is 16.7. The summed E-state index contributed by atoms with van der Waals surface area (Å²) in [5.74, 6) is 1.08. The summed E-state index contributed by atoms with van der Waals surface area (Å²) in [7, 11) is 1.67. The van der Waals surface area contributed by atoms with Crippen molar-refractivity contribution in [3.05, 3.63) is 42.0 Å². The van der Waals surface area contributed by atoms with Gasteiger partial charge in [-0.1, -0.05) is 6.92 Å². The van der Waals surface area contributed by atoms with Gasteiger partial charge in [0, 0.05) is 42.9 Å². The zero-order chi connectivity index (χ0) is 27.7. The fourth-order valence-corrected chi connectivity index (χ4v) is 4.65. The van der Waals surface area contributed by atoms with Crippen LogP contribution in [-0.4, -0.2) is 78.4 Å². The van der Waals surface area contributed by atoms with E-state index in [2.05, 4.69) is 10.6 Å². The number of benzene rings is 2. The van der Waals surface area contributed by atoms with Crippen molar-refractivity contribution in [1.82, 2.24) is 9.80 Å². The van der Waals surface area contributed by atoms with Crippen molar-refractivity contribution in [1.29, 1.82) is 0 Å². The summed E-state index contributed by atoms with van der Waals surface area (Å²) in [6.45, 7) is 4.25. The van der Waals surface area contributed by atoms with Gasteiger partial charge in [-0.2, -0.15) is 0 Å². The Morgan fingerprint density at radius 3 is 2.49 bits per heavy atom. The molecule has 0 spiro atoms. The molecule has 4 amide bonds. The number of fused-ring (bicyclic) bond motifs is 2. The van der Waals surface area contributed by atoms with E-state index in [0.29, 0.717) is 40.7 Å². The van der Waals surface area contributed by atoms with Crippen molar-refractivity contribution in [2.45, 2.75) is 38.8 Å². The lowest BCUT2D eigenvalue weighted by Gasteiger charge is -2.38. The molecular weight excluding hydrogens is 504 g/mol. The number of anilines is 2. The first kappa shape index (κ1) is 26.6. The molecule has 3 N–H and O–H groups in total. The van der Waals surface area contributed by atoms with E-state index in [4.69, 9.17) is 14.2 Å². The normalized spacial score (nSPS) is 20.7. The molecule has 1 fully saturated rings. The van der Waals surface area contributed by atoms with Gasteiger partial charge in [-0.05, 0) is 50.1 Å². The maximum Gasteiger partial charge on any atom is 0.321 e. The van der Waals surface area contributed by atoms with Gasteiger partial charge >= 0.3 is 6.03 Å². The molecule has 2 aliphatic heterocycles. The van der Waals surface area contributed by atoms with Gasteiger partial charge in [0.05, 0.1) is 24.8 Å². The van der Waals surface area contributed by atoms with Crippen molar-refractivity contribution in [2.75, 3.05) is 44.2 Å². The smallest absolute Gasteiger partial charge is 0.321 e. The van der Waals surface area contributed by atoms with E-state index in [0.717, 1.165) is 12.8 Å². The first-order valence-electron chi connectivity index (χ1n) is 13.2. The molecule has 2 aromatic carbocycles. The molecule has 208 valence electrons. The molecule has 11 nitrogen and oxygen atoms in total. The number of likely N-dealkylation sites (N-methyl/N-ethyl adjacent to an activating group) is 1. The summed E-state index contributed by atoms with van der Waals surface area (Å²) in [6.07, 6.45) is 1.29. The number of rotatable bonds is 7. The van der Waals surface area contributed by atoms with Crippen LogP contribution < -0.4 is 24.8 Å². The maximum atomic E-state index is 13.6. The molecule has 3 aliphatic rings. The number of ether oxygens (including phenoxy) is 3. The van der Waals surface area contributed by atoms with Crippen LogP contribution in [0.15, 0.2) is 36.4 Å². The van der Waals surface area contributed by atoms with E-state index >= 15 is 0 Å².